The molecule has 3 heteroatoms. The summed E-state index contributed by atoms with van der Waals surface area (Å²) in [6, 6.07) is 33.4. The Morgan fingerprint density at radius 3 is 1.44 bits per heavy atom. The van der Waals surface area contributed by atoms with Gasteiger partial charge in [-0.3, -0.25) is 0 Å². The Morgan fingerprint density at radius 2 is 0.934 bits per heavy atom. The lowest BCUT2D eigenvalue weighted by Crippen LogP contribution is -2.61. The monoisotopic (exact) mass is 805 g/mol. The maximum Gasteiger partial charge on any atom is 0.252 e. The van der Waals surface area contributed by atoms with Crippen molar-refractivity contribution in [3.63, 3.8) is 0 Å². The molecule has 0 aromatic heterocycles. The summed E-state index contributed by atoms with van der Waals surface area (Å²) in [5, 5.41) is 0. The normalized spacial score (nSPS) is 19.2. The first-order valence-electron chi connectivity index (χ1n) is 24.9. The Bertz CT molecular complexity index is 2430. The Hall–Kier alpha value is -4.24. The van der Waals surface area contributed by atoms with Gasteiger partial charge in [0.15, 0.2) is 0 Å². The summed E-state index contributed by atoms with van der Waals surface area (Å²) in [5.41, 5.74) is 25.5. The number of nitrogens with zero attached hydrogens (tertiary/aromatic N) is 2. The minimum Gasteiger partial charge on any atom is -0.311 e. The molecule has 314 valence electrons. The topological polar surface area (TPSA) is 6.48 Å². The Kier molecular flexibility index (Phi) is 9.89. The molecule has 0 N–H and O–H groups in total. The van der Waals surface area contributed by atoms with Gasteiger partial charge in [0.25, 0.3) is 6.71 Å². The van der Waals surface area contributed by atoms with Crippen molar-refractivity contribution in [3.05, 3.63) is 123 Å². The van der Waals surface area contributed by atoms with Crippen molar-refractivity contribution < 1.29 is 0 Å². The molecule has 4 aliphatic carbocycles. The van der Waals surface area contributed by atoms with E-state index in [0.29, 0.717) is 11.8 Å². The molecule has 2 aliphatic heterocycles. The van der Waals surface area contributed by atoms with Crippen molar-refractivity contribution in [2.45, 2.75) is 180 Å². The zero-order chi connectivity index (χ0) is 41.6. The lowest BCUT2D eigenvalue weighted by molar-refractivity contribution is 0.444. The van der Waals surface area contributed by atoms with Gasteiger partial charge in [0.2, 0.25) is 0 Å². The van der Waals surface area contributed by atoms with Crippen LogP contribution in [0.15, 0.2) is 78.9 Å². The summed E-state index contributed by atoms with van der Waals surface area (Å²) in [7, 11) is 0. The molecule has 0 atom stereocenters. The van der Waals surface area contributed by atoms with Gasteiger partial charge in [0.1, 0.15) is 0 Å². The SMILES string of the molecule is CC(C)(C)c1cc(N2c3cc(C4CCCCC4)ccc3B3c4ccc(C5CCCCC5)cc4N(c4c5c(cc6c4CCCC6)CCCC5)c4cccc2c43)cc(C(C)(C)C)c1. The number of aryl methyl sites for hydroxylation is 2. The second kappa shape index (κ2) is 15.2. The fourth-order valence-corrected chi connectivity index (χ4v) is 12.8. The van der Waals surface area contributed by atoms with Crippen molar-refractivity contribution >= 4 is 57.2 Å². The lowest BCUT2D eigenvalue weighted by Gasteiger charge is -2.46. The van der Waals surface area contributed by atoms with E-state index in [1.54, 1.807) is 39.1 Å². The molecule has 0 amide bonds. The summed E-state index contributed by atoms with van der Waals surface area (Å²) in [5.74, 6) is 1.30. The molecule has 2 heterocycles. The van der Waals surface area contributed by atoms with Crippen LogP contribution in [0.4, 0.5) is 34.1 Å². The smallest absolute Gasteiger partial charge is 0.252 e. The van der Waals surface area contributed by atoms with E-state index in [0.717, 1.165) is 0 Å². The van der Waals surface area contributed by atoms with Crippen LogP contribution < -0.4 is 26.2 Å². The predicted octanol–water partition coefficient (Wildman–Crippen LogP) is 14.2. The molecule has 6 aliphatic rings. The van der Waals surface area contributed by atoms with E-state index in [1.807, 2.05) is 0 Å². The van der Waals surface area contributed by atoms with Crippen molar-refractivity contribution in [2.75, 3.05) is 9.80 Å². The van der Waals surface area contributed by atoms with Crippen LogP contribution >= 0.6 is 0 Å². The molecule has 11 rings (SSSR count). The largest absolute Gasteiger partial charge is 0.311 e. The first-order chi connectivity index (χ1) is 29.5. The van der Waals surface area contributed by atoms with Gasteiger partial charge in [-0.25, -0.2) is 0 Å². The first-order valence-corrected chi connectivity index (χ1v) is 24.9. The van der Waals surface area contributed by atoms with Gasteiger partial charge in [-0.2, -0.15) is 0 Å². The Labute approximate surface area is 368 Å². The standard InChI is InChI=1S/C58H69BN2/c1-57(2,3)44-35-45(58(4,5)6)37-46(36-44)60-51-26-17-27-52-55(51)59(49-30-28-40(33-53(49)60)38-18-9-7-10-19-38)50-31-29-41(39-20-11-8-12-21-39)34-54(50)61(52)56-47-24-15-13-22-42(47)32-43-23-14-16-25-48(43)56/h17,26-39H,7-16,18-25H2,1-6H3. The molecule has 0 unspecified atom stereocenters. The second-order valence-corrected chi connectivity index (χ2v) is 22.3. The molecule has 5 aromatic rings. The third kappa shape index (κ3) is 6.82. The molecule has 0 saturated heterocycles. The number of benzene rings is 5. The van der Waals surface area contributed by atoms with Crippen LogP contribution in [-0.2, 0) is 36.5 Å². The predicted molar refractivity (Wildman–Crippen MR) is 263 cm³/mol. The minimum atomic E-state index is 0.0223. The first kappa shape index (κ1) is 39.6. The van der Waals surface area contributed by atoms with E-state index in [-0.39, 0.29) is 17.5 Å². The molecule has 2 nitrogen and oxygen atoms in total. The molecule has 2 saturated carbocycles. The third-order valence-electron chi connectivity index (χ3n) is 16.3. The maximum atomic E-state index is 2.87. The molecule has 0 radical (unpaired) electrons. The van der Waals surface area contributed by atoms with E-state index in [1.165, 1.54) is 172 Å². The van der Waals surface area contributed by atoms with E-state index in [2.05, 4.69) is 130 Å². The molecular formula is C58H69BN2. The summed E-state index contributed by atoms with van der Waals surface area (Å²) >= 11 is 0. The van der Waals surface area contributed by atoms with Crippen LogP contribution in [0.3, 0.4) is 0 Å². The number of fused-ring (bicyclic) bond motifs is 6. The van der Waals surface area contributed by atoms with Gasteiger partial charge in [0, 0.05) is 28.4 Å². The van der Waals surface area contributed by atoms with Crippen molar-refractivity contribution in [3.8, 4) is 0 Å². The average Bonchev–Trinajstić information content (AvgIpc) is 3.28. The van der Waals surface area contributed by atoms with E-state index in [9.17, 15) is 0 Å². The van der Waals surface area contributed by atoms with Gasteiger partial charge in [0.05, 0.1) is 5.69 Å². The molecule has 0 spiro atoms. The highest BCUT2D eigenvalue weighted by molar-refractivity contribution is 7.00. The van der Waals surface area contributed by atoms with Crippen LogP contribution in [0.2, 0.25) is 0 Å². The molecule has 0 bridgehead atoms. The zero-order valence-electron chi connectivity index (χ0n) is 38.4. The average molecular weight is 805 g/mol. The fourth-order valence-electron chi connectivity index (χ4n) is 12.8. The highest BCUT2D eigenvalue weighted by Crippen LogP contribution is 2.51. The van der Waals surface area contributed by atoms with E-state index >= 15 is 0 Å². The summed E-state index contributed by atoms with van der Waals surface area (Å²) in [4.78, 5) is 5.61. The fraction of sp³-hybridized carbons (Fsp3) is 0.483. The number of rotatable bonds is 4. The van der Waals surface area contributed by atoms with Gasteiger partial charge in [-0.1, -0.05) is 123 Å². The van der Waals surface area contributed by atoms with E-state index < -0.39 is 0 Å². The van der Waals surface area contributed by atoms with Crippen LogP contribution in [0.25, 0.3) is 0 Å². The Morgan fingerprint density at radius 1 is 0.459 bits per heavy atom. The molecule has 5 aromatic carbocycles. The maximum absolute atomic E-state index is 2.87. The summed E-state index contributed by atoms with van der Waals surface area (Å²) < 4.78 is 0. The van der Waals surface area contributed by atoms with Crippen LogP contribution in [0.1, 0.15) is 188 Å². The van der Waals surface area contributed by atoms with Crippen LogP contribution in [-0.4, -0.2) is 6.71 Å². The molecule has 2 fully saturated rings. The molecule has 61 heavy (non-hydrogen) atoms. The quantitative estimate of drug-likeness (QED) is 0.164. The highest BCUT2D eigenvalue weighted by atomic mass is 15.2. The van der Waals surface area contributed by atoms with Gasteiger partial charge in [-0.05, 0) is 197 Å². The second-order valence-electron chi connectivity index (χ2n) is 22.3. The van der Waals surface area contributed by atoms with Gasteiger partial charge >= 0.3 is 0 Å². The number of hydrogen-bond acceptors (Lipinski definition) is 2. The molecular weight excluding hydrogens is 735 g/mol. The van der Waals surface area contributed by atoms with Crippen LogP contribution in [0, 0.1) is 0 Å². The van der Waals surface area contributed by atoms with Gasteiger partial charge < -0.3 is 9.80 Å². The number of hydrogen-bond donors (Lipinski definition) is 0. The Balaban J connectivity index is 1.21. The van der Waals surface area contributed by atoms with Gasteiger partial charge in [-0.15, -0.1) is 0 Å². The minimum absolute atomic E-state index is 0.0223. The number of anilines is 6. The summed E-state index contributed by atoms with van der Waals surface area (Å²) in [6.07, 6.45) is 23.5. The third-order valence-corrected chi connectivity index (χ3v) is 16.3. The zero-order valence-corrected chi connectivity index (χ0v) is 38.4. The van der Waals surface area contributed by atoms with Crippen molar-refractivity contribution in [2.24, 2.45) is 0 Å². The van der Waals surface area contributed by atoms with Crippen molar-refractivity contribution in [1.29, 1.82) is 0 Å². The van der Waals surface area contributed by atoms with Crippen LogP contribution in [0.5, 0.6) is 0 Å². The van der Waals surface area contributed by atoms with E-state index in [4.69, 9.17) is 0 Å². The van der Waals surface area contributed by atoms with Crippen molar-refractivity contribution in [1.82, 2.24) is 0 Å². The highest BCUT2D eigenvalue weighted by Gasteiger charge is 2.45. The summed E-state index contributed by atoms with van der Waals surface area (Å²) in [6.45, 7) is 14.5. The lowest BCUT2D eigenvalue weighted by atomic mass is 9.33.